The van der Waals surface area contributed by atoms with Crippen molar-refractivity contribution in [1.82, 2.24) is 0 Å². The zero-order valence-electron chi connectivity index (χ0n) is 4.60. The highest BCUT2D eigenvalue weighted by molar-refractivity contribution is 9.11. The molecule has 0 saturated heterocycles. The van der Waals surface area contributed by atoms with Crippen LogP contribution in [-0.2, 0) is 4.74 Å². The Labute approximate surface area is 57.2 Å². The molecule has 0 unspecified atom stereocenters. The van der Waals surface area contributed by atoms with E-state index in [0.29, 0.717) is 0 Å². The summed E-state index contributed by atoms with van der Waals surface area (Å²) in [6, 6.07) is 0. The highest BCUT2D eigenvalue weighted by atomic mass is 79.9. The molecular formula is C6H7BrO. The monoisotopic (exact) mass is 174 g/mol. The van der Waals surface area contributed by atoms with Gasteiger partial charge < -0.3 is 4.74 Å². The molecule has 1 heterocycles. The van der Waals surface area contributed by atoms with Crippen molar-refractivity contribution in [3.8, 4) is 0 Å². The van der Waals surface area contributed by atoms with Crippen molar-refractivity contribution in [1.29, 1.82) is 0 Å². The molecule has 0 aromatic carbocycles. The van der Waals surface area contributed by atoms with E-state index in [1.165, 1.54) is 0 Å². The van der Waals surface area contributed by atoms with E-state index in [2.05, 4.69) is 15.9 Å². The van der Waals surface area contributed by atoms with Crippen LogP contribution in [0.2, 0.25) is 0 Å². The summed E-state index contributed by atoms with van der Waals surface area (Å²) in [6.45, 7) is 1.99. The smallest absolute Gasteiger partial charge is 0.114 e. The minimum absolute atomic E-state index is 0.233. The maximum atomic E-state index is 5.09. The lowest BCUT2D eigenvalue weighted by Crippen LogP contribution is -2.01. The SMILES string of the molecule is C[C@H]1C=CC(Br)=CO1. The van der Waals surface area contributed by atoms with Gasteiger partial charge in [0, 0.05) is 0 Å². The minimum Gasteiger partial charge on any atom is -0.493 e. The van der Waals surface area contributed by atoms with Gasteiger partial charge in [-0.05, 0) is 35.0 Å². The van der Waals surface area contributed by atoms with Crippen molar-refractivity contribution in [2.24, 2.45) is 0 Å². The van der Waals surface area contributed by atoms with Crippen LogP contribution >= 0.6 is 15.9 Å². The molecule has 0 bridgehead atoms. The van der Waals surface area contributed by atoms with Crippen LogP contribution in [0.3, 0.4) is 0 Å². The number of rotatable bonds is 0. The standard InChI is InChI=1S/C6H7BrO/c1-5-2-3-6(7)4-8-5/h2-5H,1H3/t5-/m0/s1. The van der Waals surface area contributed by atoms with Gasteiger partial charge >= 0.3 is 0 Å². The molecule has 1 aliphatic rings. The summed E-state index contributed by atoms with van der Waals surface area (Å²) >= 11 is 3.26. The summed E-state index contributed by atoms with van der Waals surface area (Å²) in [4.78, 5) is 0. The molecule has 1 nitrogen and oxygen atoms in total. The van der Waals surface area contributed by atoms with E-state index in [1.54, 1.807) is 6.26 Å². The van der Waals surface area contributed by atoms with Gasteiger partial charge in [-0.1, -0.05) is 0 Å². The topological polar surface area (TPSA) is 9.23 Å². The third-order valence-electron chi connectivity index (χ3n) is 0.922. The first-order valence-corrected chi connectivity index (χ1v) is 3.27. The van der Waals surface area contributed by atoms with Gasteiger partial charge in [0.1, 0.15) is 6.10 Å². The molecular weight excluding hydrogens is 168 g/mol. The van der Waals surface area contributed by atoms with Gasteiger partial charge in [0.15, 0.2) is 0 Å². The molecule has 0 saturated carbocycles. The maximum absolute atomic E-state index is 5.09. The first-order chi connectivity index (χ1) is 3.79. The van der Waals surface area contributed by atoms with E-state index in [9.17, 15) is 0 Å². The molecule has 0 spiro atoms. The van der Waals surface area contributed by atoms with Crippen LogP contribution < -0.4 is 0 Å². The number of hydrogen-bond acceptors (Lipinski definition) is 1. The molecule has 1 aliphatic heterocycles. The van der Waals surface area contributed by atoms with Crippen LogP contribution in [0.15, 0.2) is 22.9 Å². The molecule has 2 heteroatoms. The lowest BCUT2D eigenvalue weighted by atomic mass is 10.3. The Kier molecular flexibility index (Phi) is 1.73. The molecule has 0 aromatic heterocycles. The second-order valence-electron chi connectivity index (χ2n) is 1.70. The predicted molar refractivity (Wildman–Crippen MR) is 36.7 cm³/mol. The zero-order chi connectivity index (χ0) is 5.98. The summed E-state index contributed by atoms with van der Waals surface area (Å²) in [7, 11) is 0. The van der Waals surface area contributed by atoms with Crippen molar-refractivity contribution < 1.29 is 4.74 Å². The Bertz CT molecular complexity index is 137. The molecule has 44 valence electrons. The van der Waals surface area contributed by atoms with Crippen molar-refractivity contribution in [3.05, 3.63) is 22.9 Å². The van der Waals surface area contributed by atoms with Gasteiger partial charge in [-0.2, -0.15) is 0 Å². The fourth-order valence-corrected chi connectivity index (χ4v) is 0.745. The normalized spacial score (nSPS) is 26.8. The largest absolute Gasteiger partial charge is 0.493 e. The Morgan fingerprint density at radius 3 is 2.88 bits per heavy atom. The van der Waals surface area contributed by atoms with E-state index >= 15 is 0 Å². The first kappa shape index (κ1) is 5.89. The molecule has 0 aromatic rings. The van der Waals surface area contributed by atoms with Crippen LogP contribution in [0.25, 0.3) is 0 Å². The van der Waals surface area contributed by atoms with E-state index in [4.69, 9.17) is 4.74 Å². The molecule has 0 N–H and O–H groups in total. The van der Waals surface area contributed by atoms with Crippen molar-refractivity contribution in [3.63, 3.8) is 0 Å². The number of halogens is 1. The van der Waals surface area contributed by atoms with Gasteiger partial charge in [-0.15, -0.1) is 0 Å². The predicted octanol–water partition coefficient (Wildman–Crippen LogP) is 2.20. The number of hydrogen-bond donors (Lipinski definition) is 0. The van der Waals surface area contributed by atoms with E-state index in [-0.39, 0.29) is 6.10 Å². The van der Waals surface area contributed by atoms with Gasteiger partial charge in [-0.25, -0.2) is 0 Å². The first-order valence-electron chi connectivity index (χ1n) is 2.48. The van der Waals surface area contributed by atoms with E-state index in [0.717, 1.165) is 4.48 Å². The third-order valence-corrected chi connectivity index (χ3v) is 1.37. The summed E-state index contributed by atoms with van der Waals surface area (Å²) in [5, 5.41) is 0. The van der Waals surface area contributed by atoms with Crippen molar-refractivity contribution >= 4 is 15.9 Å². The van der Waals surface area contributed by atoms with Crippen LogP contribution in [-0.4, -0.2) is 6.10 Å². The maximum Gasteiger partial charge on any atom is 0.114 e. The summed E-state index contributed by atoms with van der Waals surface area (Å²) < 4.78 is 6.09. The van der Waals surface area contributed by atoms with Gasteiger partial charge in [-0.3, -0.25) is 0 Å². The molecule has 0 amide bonds. The Morgan fingerprint density at radius 2 is 2.50 bits per heavy atom. The van der Waals surface area contributed by atoms with Crippen molar-refractivity contribution in [2.75, 3.05) is 0 Å². The molecule has 0 fully saturated rings. The lowest BCUT2D eigenvalue weighted by Gasteiger charge is -2.09. The minimum atomic E-state index is 0.233. The average molecular weight is 175 g/mol. The highest BCUT2D eigenvalue weighted by Gasteiger charge is 1.98. The fraction of sp³-hybridized carbons (Fsp3) is 0.333. The molecule has 0 aliphatic carbocycles. The average Bonchev–Trinajstić information content (AvgIpc) is 1.77. The number of allylic oxidation sites excluding steroid dienone is 2. The van der Waals surface area contributed by atoms with Crippen LogP contribution in [0.4, 0.5) is 0 Å². The Morgan fingerprint density at radius 1 is 1.75 bits per heavy atom. The lowest BCUT2D eigenvalue weighted by molar-refractivity contribution is 0.200. The summed E-state index contributed by atoms with van der Waals surface area (Å²) in [5.41, 5.74) is 0. The van der Waals surface area contributed by atoms with Crippen LogP contribution in [0.1, 0.15) is 6.92 Å². The van der Waals surface area contributed by atoms with Gasteiger partial charge in [0.05, 0.1) is 10.7 Å². The van der Waals surface area contributed by atoms with Gasteiger partial charge in [0.2, 0.25) is 0 Å². The second-order valence-corrected chi connectivity index (χ2v) is 2.62. The Balaban J connectivity index is 2.58. The Hall–Kier alpha value is -0.240. The molecule has 1 rings (SSSR count). The number of ether oxygens (including phenoxy) is 1. The summed E-state index contributed by atoms with van der Waals surface area (Å²) in [6.07, 6.45) is 5.90. The van der Waals surface area contributed by atoms with Crippen LogP contribution in [0.5, 0.6) is 0 Å². The fourth-order valence-electron chi connectivity index (χ4n) is 0.484. The van der Waals surface area contributed by atoms with Gasteiger partial charge in [0.25, 0.3) is 0 Å². The second kappa shape index (κ2) is 2.35. The quantitative estimate of drug-likeness (QED) is 0.548. The molecule has 0 radical (unpaired) electrons. The summed E-state index contributed by atoms with van der Waals surface area (Å²) in [5.74, 6) is 0. The molecule has 8 heavy (non-hydrogen) atoms. The third kappa shape index (κ3) is 1.37. The van der Waals surface area contributed by atoms with Crippen molar-refractivity contribution in [2.45, 2.75) is 13.0 Å². The van der Waals surface area contributed by atoms with E-state index < -0.39 is 0 Å². The zero-order valence-corrected chi connectivity index (χ0v) is 6.18. The highest BCUT2D eigenvalue weighted by Crippen LogP contribution is 2.13. The molecule has 1 atom stereocenters. The van der Waals surface area contributed by atoms with Crippen LogP contribution in [0, 0.1) is 0 Å². The van der Waals surface area contributed by atoms with E-state index in [1.807, 2.05) is 19.1 Å².